The lowest BCUT2D eigenvalue weighted by Gasteiger charge is -2.33. The quantitative estimate of drug-likeness (QED) is 0.796. The van der Waals surface area contributed by atoms with Gasteiger partial charge in [-0.15, -0.1) is 0 Å². The van der Waals surface area contributed by atoms with Gasteiger partial charge in [-0.2, -0.15) is 0 Å². The molecular formula is C16H31N3. The number of piperidine rings is 1. The van der Waals surface area contributed by atoms with E-state index in [0.29, 0.717) is 0 Å². The molecular weight excluding hydrogens is 234 g/mol. The Hall–Kier alpha value is -0.120. The molecule has 1 aliphatic carbocycles. The minimum absolute atomic E-state index is 0.790. The van der Waals surface area contributed by atoms with Crippen molar-refractivity contribution in [2.45, 2.75) is 63.5 Å². The first-order chi connectivity index (χ1) is 9.43. The van der Waals surface area contributed by atoms with Crippen molar-refractivity contribution in [1.29, 1.82) is 0 Å². The Labute approximate surface area is 118 Å². The molecule has 0 aromatic heterocycles. The smallest absolute Gasteiger partial charge is 0.0111 e. The van der Waals surface area contributed by atoms with E-state index in [4.69, 9.17) is 0 Å². The van der Waals surface area contributed by atoms with E-state index in [2.05, 4.69) is 15.5 Å². The van der Waals surface area contributed by atoms with E-state index in [9.17, 15) is 0 Å². The summed E-state index contributed by atoms with van der Waals surface area (Å²) in [5.74, 6) is 0.902. The van der Waals surface area contributed by atoms with E-state index in [1.807, 2.05) is 0 Å². The van der Waals surface area contributed by atoms with Gasteiger partial charge < -0.3 is 15.5 Å². The van der Waals surface area contributed by atoms with Crippen LogP contribution >= 0.6 is 0 Å². The molecule has 0 amide bonds. The first-order valence-electron chi connectivity index (χ1n) is 8.62. The lowest BCUT2D eigenvalue weighted by Crippen LogP contribution is -2.48. The summed E-state index contributed by atoms with van der Waals surface area (Å²) in [6.45, 7) is 6.39. The van der Waals surface area contributed by atoms with Crippen molar-refractivity contribution < 1.29 is 0 Å². The highest BCUT2D eigenvalue weighted by Crippen LogP contribution is 2.31. The van der Waals surface area contributed by atoms with Crippen LogP contribution in [0.2, 0.25) is 0 Å². The minimum Gasteiger partial charge on any atom is -0.314 e. The minimum atomic E-state index is 0.790. The number of nitrogens with one attached hydrogen (secondary N) is 2. The van der Waals surface area contributed by atoms with Crippen LogP contribution in [0.5, 0.6) is 0 Å². The number of likely N-dealkylation sites (tertiary alicyclic amines) is 1. The summed E-state index contributed by atoms with van der Waals surface area (Å²) in [5.41, 5.74) is 0. The molecule has 3 nitrogen and oxygen atoms in total. The van der Waals surface area contributed by atoms with Gasteiger partial charge in [0, 0.05) is 25.2 Å². The molecule has 3 fully saturated rings. The third-order valence-corrected chi connectivity index (χ3v) is 5.47. The van der Waals surface area contributed by atoms with Gasteiger partial charge in [0.05, 0.1) is 0 Å². The molecule has 0 spiro atoms. The molecule has 0 radical (unpaired) electrons. The van der Waals surface area contributed by atoms with Crippen LogP contribution in [0.1, 0.15) is 51.4 Å². The normalized spacial score (nSPS) is 36.9. The monoisotopic (exact) mass is 265 g/mol. The fourth-order valence-corrected chi connectivity index (χ4v) is 4.38. The van der Waals surface area contributed by atoms with Crippen molar-refractivity contribution in [3.63, 3.8) is 0 Å². The topological polar surface area (TPSA) is 27.3 Å². The average molecular weight is 265 g/mol. The molecule has 0 aromatic carbocycles. The van der Waals surface area contributed by atoms with Crippen molar-refractivity contribution in [2.24, 2.45) is 5.92 Å². The molecule has 3 atom stereocenters. The van der Waals surface area contributed by atoms with Gasteiger partial charge in [0.1, 0.15) is 0 Å². The van der Waals surface area contributed by atoms with E-state index in [-0.39, 0.29) is 0 Å². The Kier molecular flexibility index (Phi) is 5.14. The maximum Gasteiger partial charge on any atom is 0.0111 e. The second-order valence-corrected chi connectivity index (χ2v) is 6.76. The van der Waals surface area contributed by atoms with Gasteiger partial charge in [0.15, 0.2) is 0 Å². The van der Waals surface area contributed by atoms with Crippen LogP contribution in [0.25, 0.3) is 0 Å². The van der Waals surface area contributed by atoms with Crippen molar-refractivity contribution in [3.05, 3.63) is 0 Å². The van der Waals surface area contributed by atoms with Gasteiger partial charge in [-0.25, -0.2) is 0 Å². The highest BCUT2D eigenvalue weighted by atomic mass is 15.2. The molecule has 19 heavy (non-hydrogen) atoms. The predicted octanol–water partition coefficient (Wildman–Crippen LogP) is 1.98. The molecule has 110 valence electrons. The summed E-state index contributed by atoms with van der Waals surface area (Å²) >= 11 is 0. The van der Waals surface area contributed by atoms with Crippen LogP contribution in [0.15, 0.2) is 0 Å². The van der Waals surface area contributed by atoms with Crippen molar-refractivity contribution in [1.82, 2.24) is 15.5 Å². The number of hydrogen-bond acceptors (Lipinski definition) is 3. The predicted molar refractivity (Wildman–Crippen MR) is 80.4 cm³/mol. The van der Waals surface area contributed by atoms with Gasteiger partial charge in [-0.3, -0.25) is 0 Å². The maximum absolute atomic E-state index is 3.87. The number of hydrogen-bond donors (Lipinski definition) is 2. The van der Waals surface area contributed by atoms with E-state index in [0.717, 1.165) is 18.0 Å². The molecule has 3 rings (SSSR count). The SMILES string of the molecule is C1CCC(C2CCCC2NCCN2CCCC2)NC1. The van der Waals surface area contributed by atoms with Crippen molar-refractivity contribution in [2.75, 3.05) is 32.7 Å². The lowest BCUT2D eigenvalue weighted by molar-refractivity contribution is 0.249. The number of nitrogens with zero attached hydrogens (tertiary/aromatic N) is 1. The van der Waals surface area contributed by atoms with Gasteiger partial charge in [0.25, 0.3) is 0 Å². The molecule has 3 heteroatoms. The molecule has 0 bridgehead atoms. The van der Waals surface area contributed by atoms with Crippen LogP contribution in [-0.4, -0.2) is 49.7 Å². The Bertz CT molecular complexity index is 257. The molecule has 2 heterocycles. The first-order valence-corrected chi connectivity index (χ1v) is 8.62. The summed E-state index contributed by atoms with van der Waals surface area (Å²) in [5, 5.41) is 7.65. The van der Waals surface area contributed by atoms with Crippen molar-refractivity contribution in [3.8, 4) is 0 Å². The Morgan fingerprint density at radius 2 is 1.84 bits per heavy atom. The highest BCUT2D eigenvalue weighted by Gasteiger charge is 2.33. The highest BCUT2D eigenvalue weighted by molar-refractivity contribution is 4.92. The third-order valence-electron chi connectivity index (χ3n) is 5.47. The fraction of sp³-hybridized carbons (Fsp3) is 1.00. The fourth-order valence-electron chi connectivity index (χ4n) is 4.38. The van der Waals surface area contributed by atoms with Gasteiger partial charge in [-0.05, 0) is 64.1 Å². The van der Waals surface area contributed by atoms with E-state index >= 15 is 0 Å². The summed E-state index contributed by atoms with van der Waals surface area (Å²) in [4.78, 5) is 2.62. The molecule has 2 saturated heterocycles. The van der Waals surface area contributed by atoms with Crippen LogP contribution in [0.3, 0.4) is 0 Å². The molecule has 2 aliphatic heterocycles. The summed E-state index contributed by atoms with van der Waals surface area (Å²) in [7, 11) is 0. The Morgan fingerprint density at radius 3 is 2.63 bits per heavy atom. The Morgan fingerprint density at radius 1 is 0.947 bits per heavy atom. The molecule has 1 saturated carbocycles. The van der Waals surface area contributed by atoms with Gasteiger partial charge in [0.2, 0.25) is 0 Å². The molecule has 0 aromatic rings. The van der Waals surface area contributed by atoms with Crippen LogP contribution in [-0.2, 0) is 0 Å². The van der Waals surface area contributed by atoms with Gasteiger partial charge >= 0.3 is 0 Å². The molecule has 3 unspecified atom stereocenters. The van der Waals surface area contributed by atoms with Crippen LogP contribution in [0, 0.1) is 5.92 Å². The largest absolute Gasteiger partial charge is 0.314 e. The average Bonchev–Trinajstić information content (AvgIpc) is 3.11. The first kappa shape index (κ1) is 13.8. The third kappa shape index (κ3) is 3.71. The molecule has 2 N–H and O–H groups in total. The lowest BCUT2D eigenvalue weighted by atomic mass is 9.88. The summed E-state index contributed by atoms with van der Waals surface area (Å²) in [6.07, 6.45) is 11.3. The Balaban J connectivity index is 1.40. The zero-order chi connectivity index (χ0) is 12.9. The second-order valence-electron chi connectivity index (χ2n) is 6.76. The molecule has 3 aliphatic rings. The zero-order valence-corrected chi connectivity index (χ0v) is 12.4. The summed E-state index contributed by atoms with van der Waals surface area (Å²) in [6, 6.07) is 1.60. The maximum atomic E-state index is 3.87. The van der Waals surface area contributed by atoms with E-state index in [1.165, 1.54) is 84.1 Å². The number of rotatable bonds is 5. The van der Waals surface area contributed by atoms with Crippen LogP contribution in [0.4, 0.5) is 0 Å². The van der Waals surface area contributed by atoms with E-state index < -0.39 is 0 Å². The van der Waals surface area contributed by atoms with Crippen molar-refractivity contribution >= 4 is 0 Å². The zero-order valence-electron chi connectivity index (χ0n) is 12.4. The summed E-state index contributed by atoms with van der Waals surface area (Å²) < 4.78 is 0. The van der Waals surface area contributed by atoms with E-state index in [1.54, 1.807) is 0 Å². The standard InChI is InChI=1S/C16H31N3/c1-2-9-17-15(7-1)14-6-5-8-16(14)18-10-13-19-11-3-4-12-19/h14-18H,1-13H2. The van der Waals surface area contributed by atoms with Gasteiger partial charge in [-0.1, -0.05) is 12.8 Å². The second kappa shape index (κ2) is 7.05. The van der Waals surface area contributed by atoms with Crippen LogP contribution < -0.4 is 10.6 Å².